The van der Waals surface area contributed by atoms with E-state index in [2.05, 4.69) is 38.2 Å². The average molecular weight is 1000 g/mol. The van der Waals surface area contributed by atoms with Gasteiger partial charge in [-0.1, -0.05) is 34.1 Å². The van der Waals surface area contributed by atoms with E-state index >= 15 is 0 Å². The normalized spacial score (nSPS) is 9.09. The van der Waals surface area contributed by atoms with Gasteiger partial charge >= 0.3 is 0 Å². The molecule has 2 aliphatic rings. The molecule has 0 spiro atoms. The van der Waals surface area contributed by atoms with E-state index < -0.39 is 0 Å². The average Bonchev–Trinajstić information content (AvgIpc) is 3.01. The summed E-state index contributed by atoms with van der Waals surface area (Å²) >= 11 is 0. The van der Waals surface area contributed by atoms with E-state index in [4.69, 9.17) is 0 Å². The number of hydrogen-bond acceptors (Lipinski definition) is 0. The van der Waals surface area contributed by atoms with Crippen LogP contribution in [0.25, 0.3) is 0 Å². The van der Waals surface area contributed by atoms with Gasteiger partial charge in [0.05, 0.1) is 0 Å². The first-order chi connectivity index (χ1) is 7.41. The van der Waals surface area contributed by atoms with Crippen LogP contribution in [0.2, 0.25) is 0 Å². The number of halogens is 1. The van der Waals surface area contributed by atoms with E-state index in [0.717, 1.165) is 12.8 Å². The van der Waals surface area contributed by atoms with E-state index in [9.17, 15) is 0 Å². The topological polar surface area (TPSA) is 0 Å². The molecular weight excluding hydrogens is 972 g/mol. The Morgan fingerprint density at radius 2 is 1.00 bits per heavy atom. The first kappa shape index (κ1) is 56.3. The van der Waals surface area contributed by atoms with Crippen molar-refractivity contribution in [3.63, 3.8) is 0 Å². The van der Waals surface area contributed by atoms with Gasteiger partial charge in [-0.3, -0.25) is 12.2 Å². The standard InChI is InChI=1S/2C5H5.C3H8.C2H6.2CH3.HI.3W.Y/c2*1-2-4-5-3-1;1-3-2;1-2;;;;;;;/h2*1-3H,4H2;3H2,1-2H3;1-2H3;2*1H3;1H;;;;/q2*-1;;;2*-1;;;;;. The number of rotatable bonds is 0. The summed E-state index contributed by atoms with van der Waals surface area (Å²) < 4.78 is 0. The van der Waals surface area contributed by atoms with Crippen LogP contribution in [-0.2, 0) is 95.9 Å². The zero-order valence-electron chi connectivity index (χ0n) is 14.8. The van der Waals surface area contributed by atoms with Crippen molar-refractivity contribution < 1.29 is 95.9 Å². The summed E-state index contributed by atoms with van der Waals surface area (Å²) in [4.78, 5) is 0. The molecule has 0 aromatic rings. The Hall–Kier alpha value is 2.86. The Labute approximate surface area is 227 Å². The van der Waals surface area contributed by atoms with E-state index in [1.807, 2.05) is 38.2 Å². The molecule has 0 amide bonds. The zero-order valence-corrected chi connectivity index (χ0v) is 28.8. The van der Waals surface area contributed by atoms with Crippen LogP contribution in [-0.4, -0.2) is 0 Å². The largest absolute Gasteiger partial charge is 0.358 e. The van der Waals surface area contributed by atoms with Crippen molar-refractivity contribution in [2.75, 3.05) is 0 Å². The molecule has 5 heteroatoms. The number of allylic oxidation sites excluding steroid dienone is 8. The second kappa shape index (κ2) is 64.9. The minimum Gasteiger partial charge on any atom is -0.358 e. The smallest absolute Gasteiger partial charge is 0 e. The molecule has 0 fully saturated rings. The van der Waals surface area contributed by atoms with Crippen LogP contribution in [0.15, 0.2) is 36.5 Å². The van der Waals surface area contributed by atoms with Crippen LogP contribution < -0.4 is 0 Å². The molecule has 0 atom stereocenters. The second-order valence-electron chi connectivity index (χ2n) is 2.71. The summed E-state index contributed by atoms with van der Waals surface area (Å²) in [6.45, 7) is 8.25. The van der Waals surface area contributed by atoms with Crippen LogP contribution >= 0.6 is 24.0 Å². The van der Waals surface area contributed by atoms with Gasteiger partial charge in [0.1, 0.15) is 0 Å². The SMILES string of the molecule is CC.CCC.I.[C-]1=CC=CC1.[C-]1=CC=CC1.[CH3-].[CH3-].[W].[W].[W].[Y]. The van der Waals surface area contributed by atoms with Crippen molar-refractivity contribution in [1.82, 2.24) is 0 Å². The number of hydrogen-bond donors (Lipinski definition) is 0. The van der Waals surface area contributed by atoms with Crippen molar-refractivity contribution >= 4 is 24.0 Å². The maximum absolute atomic E-state index is 2.99. The van der Waals surface area contributed by atoms with Crippen LogP contribution in [0.3, 0.4) is 0 Å². The van der Waals surface area contributed by atoms with Gasteiger partial charge in [-0.2, -0.15) is 12.2 Å². The summed E-state index contributed by atoms with van der Waals surface area (Å²) in [7, 11) is 0. The summed E-state index contributed by atoms with van der Waals surface area (Å²) in [6, 6.07) is 0. The molecular formula is C17H31IW3Y-4. The third kappa shape index (κ3) is 66.1. The van der Waals surface area contributed by atoms with Gasteiger partial charge in [0.25, 0.3) is 0 Å². The maximum atomic E-state index is 2.99. The Balaban J connectivity index is -0.0000000138. The molecule has 2 aliphatic carbocycles. The fraction of sp³-hybridized carbons (Fsp3) is 0.412. The van der Waals surface area contributed by atoms with Gasteiger partial charge in [0.2, 0.25) is 0 Å². The van der Waals surface area contributed by atoms with Crippen LogP contribution in [0.5, 0.6) is 0 Å². The molecule has 22 heavy (non-hydrogen) atoms. The molecule has 0 unspecified atom stereocenters. The molecule has 0 aromatic heterocycles. The van der Waals surface area contributed by atoms with Gasteiger partial charge in [0.15, 0.2) is 0 Å². The second-order valence-corrected chi connectivity index (χ2v) is 2.71. The molecule has 2 rings (SSSR count). The van der Waals surface area contributed by atoms with Gasteiger partial charge < -0.3 is 14.9 Å². The molecule has 131 valence electrons. The third-order valence-corrected chi connectivity index (χ3v) is 1.17. The quantitative estimate of drug-likeness (QED) is 0.191. The molecule has 0 saturated carbocycles. The minimum atomic E-state index is 0. The van der Waals surface area contributed by atoms with Crippen molar-refractivity contribution in [3.05, 3.63) is 63.5 Å². The van der Waals surface area contributed by atoms with E-state index in [1.165, 1.54) is 6.42 Å². The fourth-order valence-corrected chi connectivity index (χ4v) is 0.680. The fourth-order valence-electron chi connectivity index (χ4n) is 0.680. The molecule has 0 heterocycles. The molecule has 0 aliphatic heterocycles. The van der Waals surface area contributed by atoms with Crippen molar-refractivity contribution in [2.45, 2.75) is 47.0 Å². The molecule has 0 saturated heterocycles. The predicted octanol–water partition coefficient (Wildman–Crippen LogP) is 6.56. The Kier molecular flexibility index (Phi) is 166. The maximum Gasteiger partial charge on any atom is 0 e. The summed E-state index contributed by atoms with van der Waals surface area (Å²) in [6.07, 6.45) is 21.3. The van der Waals surface area contributed by atoms with Gasteiger partial charge in [-0.25, -0.2) is 24.3 Å². The predicted molar refractivity (Wildman–Crippen MR) is 98.7 cm³/mol. The summed E-state index contributed by atoms with van der Waals surface area (Å²) in [5.41, 5.74) is 0. The Morgan fingerprint density at radius 3 is 1.05 bits per heavy atom. The summed E-state index contributed by atoms with van der Waals surface area (Å²) in [5.74, 6) is 0. The van der Waals surface area contributed by atoms with E-state index in [1.54, 1.807) is 0 Å². The van der Waals surface area contributed by atoms with Crippen molar-refractivity contribution in [1.29, 1.82) is 0 Å². The molecule has 0 bridgehead atoms. The van der Waals surface area contributed by atoms with Crippen molar-refractivity contribution in [3.8, 4) is 0 Å². The van der Waals surface area contributed by atoms with Crippen molar-refractivity contribution in [2.24, 2.45) is 0 Å². The minimum absolute atomic E-state index is 0. The zero-order chi connectivity index (χ0) is 11.8. The Morgan fingerprint density at radius 1 is 0.773 bits per heavy atom. The molecule has 0 N–H and O–H groups in total. The Bertz CT molecular complexity index is 174. The van der Waals surface area contributed by atoms with E-state index in [-0.39, 0.29) is 135 Å². The molecule has 0 aromatic carbocycles. The molecule has 1 radical (unpaired) electrons. The van der Waals surface area contributed by atoms with Gasteiger partial charge in [-0.15, -0.1) is 36.8 Å². The van der Waals surface area contributed by atoms with Crippen LogP contribution in [0, 0.1) is 27.0 Å². The third-order valence-electron chi connectivity index (χ3n) is 1.17. The summed E-state index contributed by atoms with van der Waals surface area (Å²) in [5, 5.41) is 0. The van der Waals surface area contributed by atoms with Gasteiger partial charge in [0, 0.05) is 95.9 Å². The van der Waals surface area contributed by atoms with E-state index in [0.29, 0.717) is 0 Å². The first-order valence-corrected chi connectivity index (χ1v) is 5.85. The van der Waals surface area contributed by atoms with Crippen LogP contribution in [0.1, 0.15) is 47.0 Å². The molecule has 0 nitrogen and oxygen atoms in total. The monoisotopic (exact) mass is 1000 g/mol. The van der Waals surface area contributed by atoms with Gasteiger partial charge in [-0.05, 0) is 0 Å². The van der Waals surface area contributed by atoms with Crippen LogP contribution in [0.4, 0.5) is 0 Å². The first-order valence-electron chi connectivity index (χ1n) is 5.85.